The molecule has 1 aliphatic rings. The van der Waals surface area contributed by atoms with Gasteiger partial charge < -0.3 is 4.98 Å². The summed E-state index contributed by atoms with van der Waals surface area (Å²) >= 11 is 0. The Balaban J connectivity index is 1.72. The SMILES string of the molecule is CCc1ccc(C(=O)NNC(=O)c2cc3c([nH]c2=O)CCCC3=O)cc1. The van der Waals surface area contributed by atoms with E-state index >= 15 is 0 Å². The lowest BCUT2D eigenvalue weighted by atomic mass is 9.94. The Kier molecular flexibility index (Phi) is 4.97. The zero-order valence-electron chi connectivity index (χ0n) is 14.3. The summed E-state index contributed by atoms with van der Waals surface area (Å²) in [7, 11) is 0. The molecule has 2 aromatic rings. The van der Waals surface area contributed by atoms with Crippen LogP contribution in [0.15, 0.2) is 35.1 Å². The van der Waals surface area contributed by atoms with Crippen LogP contribution in [-0.2, 0) is 12.8 Å². The Morgan fingerprint density at radius 3 is 2.42 bits per heavy atom. The van der Waals surface area contributed by atoms with E-state index in [1.54, 1.807) is 12.1 Å². The molecule has 0 bridgehead atoms. The average molecular weight is 353 g/mol. The third-order valence-corrected chi connectivity index (χ3v) is 4.41. The van der Waals surface area contributed by atoms with Gasteiger partial charge in [0.1, 0.15) is 5.56 Å². The smallest absolute Gasteiger partial charge is 0.275 e. The number of ketones is 1. The predicted octanol–water partition coefficient (Wildman–Crippen LogP) is 1.53. The van der Waals surface area contributed by atoms with E-state index in [4.69, 9.17) is 0 Å². The maximum Gasteiger partial charge on any atom is 0.275 e. The number of carbonyl (C=O) groups is 3. The highest BCUT2D eigenvalue weighted by atomic mass is 16.2. The summed E-state index contributed by atoms with van der Waals surface area (Å²) in [5.74, 6) is -1.37. The fraction of sp³-hybridized carbons (Fsp3) is 0.263. The molecule has 0 aliphatic heterocycles. The third kappa shape index (κ3) is 3.56. The lowest BCUT2D eigenvalue weighted by molar-refractivity contribution is 0.0845. The monoisotopic (exact) mass is 353 g/mol. The standard InChI is InChI=1S/C19H19N3O4/c1-2-11-6-8-12(9-7-11)17(24)21-22-19(26)14-10-13-15(20-18(14)25)4-3-5-16(13)23/h6-10H,2-5H2,1H3,(H,20,25)(H,21,24)(H,22,26). The van der Waals surface area contributed by atoms with E-state index < -0.39 is 17.4 Å². The minimum Gasteiger partial charge on any atom is -0.325 e. The van der Waals surface area contributed by atoms with Crippen LogP contribution in [0.4, 0.5) is 0 Å². The summed E-state index contributed by atoms with van der Waals surface area (Å²) in [6.45, 7) is 2.01. The van der Waals surface area contributed by atoms with Crippen molar-refractivity contribution >= 4 is 17.6 Å². The van der Waals surface area contributed by atoms with Crippen molar-refractivity contribution < 1.29 is 14.4 Å². The maximum absolute atomic E-state index is 12.2. The van der Waals surface area contributed by atoms with Crippen LogP contribution in [0.25, 0.3) is 0 Å². The fourth-order valence-electron chi connectivity index (χ4n) is 2.89. The highest BCUT2D eigenvalue weighted by Crippen LogP contribution is 2.18. The topological polar surface area (TPSA) is 108 Å². The average Bonchev–Trinajstić information content (AvgIpc) is 2.65. The molecule has 3 rings (SSSR count). The van der Waals surface area contributed by atoms with Gasteiger partial charge in [-0.2, -0.15) is 0 Å². The van der Waals surface area contributed by atoms with Crippen LogP contribution in [0.5, 0.6) is 0 Å². The number of fused-ring (bicyclic) bond motifs is 1. The number of carbonyl (C=O) groups excluding carboxylic acids is 3. The molecule has 0 saturated heterocycles. The molecule has 0 saturated carbocycles. The fourth-order valence-corrected chi connectivity index (χ4v) is 2.89. The number of hydrogen-bond acceptors (Lipinski definition) is 4. The van der Waals surface area contributed by atoms with Crippen LogP contribution in [0.3, 0.4) is 0 Å². The first kappa shape index (κ1) is 17.6. The van der Waals surface area contributed by atoms with Crippen LogP contribution < -0.4 is 16.4 Å². The second-order valence-electron chi connectivity index (χ2n) is 6.14. The molecule has 0 spiro atoms. The molecule has 2 amide bonds. The summed E-state index contributed by atoms with van der Waals surface area (Å²) in [5.41, 5.74) is 6.10. The second kappa shape index (κ2) is 7.35. The van der Waals surface area contributed by atoms with Gasteiger partial charge in [0, 0.05) is 23.2 Å². The summed E-state index contributed by atoms with van der Waals surface area (Å²) in [4.78, 5) is 50.9. The van der Waals surface area contributed by atoms with E-state index in [0.717, 1.165) is 12.0 Å². The van der Waals surface area contributed by atoms with E-state index in [-0.39, 0.29) is 11.3 Å². The molecule has 1 heterocycles. The van der Waals surface area contributed by atoms with Gasteiger partial charge >= 0.3 is 0 Å². The number of nitrogens with one attached hydrogen (secondary N) is 3. The molecule has 3 N–H and O–H groups in total. The van der Waals surface area contributed by atoms with E-state index in [0.29, 0.717) is 36.1 Å². The second-order valence-corrected chi connectivity index (χ2v) is 6.14. The minimum absolute atomic E-state index is 0.100. The number of aryl methyl sites for hydroxylation is 2. The molecule has 0 radical (unpaired) electrons. The van der Waals surface area contributed by atoms with Crippen LogP contribution in [0, 0.1) is 0 Å². The van der Waals surface area contributed by atoms with Gasteiger partial charge in [-0.05, 0) is 43.0 Å². The Bertz CT molecular complexity index is 929. The van der Waals surface area contributed by atoms with Crippen LogP contribution in [-0.4, -0.2) is 22.6 Å². The predicted molar refractivity (Wildman–Crippen MR) is 95.1 cm³/mol. The Morgan fingerprint density at radius 1 is 1.04 bits per heavy atom. The maximum atomic E-state index is 12.2. The van der Waals surface area contributed by atoms with Gasteiger partial charge in [0.05, 0.1) is 0 Å². The van der Waals surface area contributed by atoms with Crippen molar-refractivity contribution in [1.29, 1.82) is 0 Å². The van der Waals surface area contributed by atoms with Gasteiger partial charge in [-0.3, -0.25) is 30.0 Å². The number of benzene rings is 1. The first-order valence-corrected chi connectivity index (χ1v) is 8.48. The van der Waals surface area contributed by atoms with Crippen molar-refractivity contribution in [2.45, 2.75) is 32.6 Å². The van der Waals surface area contributed by atoms with Crippen LogP contribution in [0.2, 0.25) is 0 Å². The molecule has 1 aromatic carbocycles. The number of hydrazine groups is 1. The Morgan fingerprint density at radius 2 is 1.73 bits per heavy atom. The molecule has 134 valence electrons. The largest absolute Gasteiger partial charge is 0.325 e. The highest BCUT2D eigenvalue weighted by molar-refractivity contribution is 6.02. The number of amides is 2. The Labute approximate surface area is 149 Å². The minimum atomic E-state index is -0.772. The van der Waals surface area contributed by atoms with Gasteiger partial charge in [0.2, 0.25) is 0 Å². The Hall–Kier alpha value is -3.22. The van der Waals surface area contributed by atoms with Crippen molar-refractivity contribution in [3.63, 3.8) is 0 Å². The van der Waals surface area contributed by atoms with Crippen molar-refractivity contribution in [3.8, 4) is 0 Å². The molecule has 0 fully saturated rings. The molecule has 7 nitrogen and oxygen atoms in total. The lowest BCUT2D eigenvalue weighted by Crippen LogP contribution is -2.43. The molecular formula is C19H19N3O4. The number of Topliss-reactive ketones (excluding diaryl/α,β-unsaturated/α-hetero) is 1. The third-order valence-electron chi connectivity index (χ3n) is 4.41. The van der Waals surface area contributed by atoms with Crippen molar-refractivity contribution in [1.82, 2.24) is 15.8 Å². The number of rotatable bonds is 3. The summed E-state index contributed by atoms with van der Waals surface area (Å²) in [5, 5.41) is 0. The van der Waals surface area contributed by atoms with Crippen LogP contribution in [0.1, 0.15) is 62.1 Å². The summed E-state index contributed by atoms with van der Waals surface area (Å²) < 4.78 is 0. The molecular weight excluding hydrogens is 334 g/mol. The van der Waals surface area contributed by atoms with Gasteiger partial charge in [-0.1, -0.05) is 19.1 Å². The van der Waals surface area contributed by atoms with E-state index in [2.05, 4.69) is 15.8 Å². The summed E-state index contributed by atoms with van der Waals surface area (Å²) in [6, 6.07) is 8.27. The van der Waals surface area contributed by atoms with Gasteiger partial charge in [0.25, 0.3) is 17.4 Å². The molecule has 0 unspecified atom stereocenters. The molecule has 26 heavy (non-hydrogen) atoms. The van der Waals surface area contributed by atoms with Crippen molar-refractivity contribution in [2.24, 2.45) is 0 Å². The number of hydrogen-bond donors (Lipinski definition) is 3. The zero-order chi connectivity index (χ0) is 18.7. The molecule has 1 aliphatic carbocycles. The molecule has 1 aromatic heterocycles. The number of H-pyrrole nitrogens is 1. The number of aromatic nitrogens is 1. The van der Waals surface area contributed by atoms with E-state index in [1.807, 2.05) is 19.1 Å². The van der Waals surface area contributed by atoms with Crippen molar-refractivity contribution in [2.75, 3.05) is 0 Å². The van der Waals surface area contributed by atoms with E-state index in [1.165, 1.54) is 6.07 Å². The van der Waals surface area contributed by atoms with Gasteiger partial charge in [0.15, 0.2) is 5.78 Å². The first-order chi connectivity index (χ1) is 12.5. The number of aromatic amines is 1. The summed E-state index contributed by atoms with van der Waals surface area (Å²) in [6.07, 6.45) is 2.53. The van der Waals surface area contributed by atoms with Crippen molar-refractivity contribution in [3.05, 3.63) is 68.6 Å². The molecule has 7 heteroatoms. The lowest BCUT2D eigenvalue weighted by Gasteiger charge is -2.15. The normalized spacial score (nSPS) is 13.0. The van der Waals surface area contributed by atoms with Gasteiger partial charge in [-0.15, -0.1) is 0 Å². The first-order valence-electron chi connectivity index (χ1n) is 8.48. The van der Waals surface area contributed by atoms with Crippen LogP contribution >= 0.6 is 0 Å². The highest BCUT2D eigenvalue weighted by Gasteiger charge is 2.22. The number of pyridine rings is 1. The van der Waals surface area contributed by atoms with Gasteiger partial charge in [-0.25, -0.2) is 0 Å². The zero-order valence-corrected chi connectivity index (χ0v) is 14.3. The molecule has 0 atom stereocenters. The van der Waals surface area contributed by atoms with E-state index in [9.17, 15) is 19.2 Å². The quantitative estimate of drug-likeness (QED) is 0.727.